The Labute approximate surface area is 173 Å². The standard InChI is InChI=1S/C19H14Br2N2O4/c1-11(24)27-18-16(20)8-12(9-17(18)21)7-13(10-22)19(25)23-14-3-5-15(26-2)6-4-14/h3-9H,1-2H3,(H,23,25)/b13-7+. The molecule has 0 aliphatic heterocycles. The van der Waals surface area contributed by atoms with E-state index in [1.54, 1.807) is 43.5 Å². The van der Waals surface area contributed by atoms with Crippen LogP contribution in [0.1, 0.15) is 12.5 Å². The molecule has 0 aliphatic rings. The normalized spacial score (nSPS) is 10.7. The van der Waals surface area contributed by atoms with Crippen LogP contribution in [0.25, 0.3) is 6.08 Å². The summed E-state index contributed by atoms with van der Waals surface area (Å²) in [5.74, 6) is -0.0253. The van der Waals surface area contributed by atoms with Crippen LogP contribution in [0.2, 0.25) is 0 Å². The van der Waals surface area contributed by atoms with Crippen LogP contribution in [0.4, 0.5) is 5.69 Å². The van der Waals surface area contributed by atoms with Crippen LogP contribution in [0.5, 0.6) is 11.5 Å². The van der Waals surface area contributed by atoms with Gasteiger partial charge in [0.05, 0.1) is 16.1 Å². The summed E-state index contributed by atoms with van der Waals surface area (Å²) in [6.45, 7) is 1.30. The lowest BCUT2D eigenvalue weighted by molar-refractivity contribution is -0.132. The molecule has 1 N–H and O–H groups in total. The smallest absolute Gasteiger partial charge is 0.308 e. The minimum atomic E-state index is -0.543. The molecule has 2 rings (SSSR count). The van der Waals surface area contributed by atoms with Crippen LogP contribution in [0.15, 0.2) is 50.9 Å². The number of nitrogens with zero attached hydrogens (tertiary/aromatic N) is 1. The maximum atomic E-state index is 12.4. The van der Waals surface area contributed by atoms with Gasteiger partial charge in [0, 0.05) is 12.6 Å². The average Bonchev–Trinajstić information content (AvgIpc) is 2.63. The van der Waals surface area contributed by atoms with Gasteiger partial charge in [-0.2, -0.15) is 5.26 Å². The summed E-state index contributed by atoms with van der Waals surface area (Å²) in [6.07, 6.45) is 1.44. The SMILES string of the molecule is COc1ccc(NC(=O)/C(C#N)=C/c2cc(Br)c(OC(C)=O)c(Br)c2)cc1. The van der Waals surface area contributed by atoms with Crippen molar-refractivity contribution in [3.63, 3.8) is 0 Å². The maximum Gasteiger partial charge on any atom is 0.308 e. The predicted octanol–water partition coefficient (Wildman–Crippen LogP) is 4.69. The third-order valence-corrected chi connectivity index (χ3v) is 4.47. The second-order valence-electron chi connectivity index (χ2n) is 5.26. The van der Waals surface area contributed by atoms with Gasteiger partial charge in [0.15, 0.2) is 5.75 Å². The Hall–Kier alpha value is -2.63. The van der Waals surface area contributed by atoms with E-state index < -0.39 is 11.9 Å². The summed E-state index contributed by atoms with van der Waals surface area (Å²) in [7, 11) is 1.55. The number of rotatable bonds is 5. The maximum absolute atomic E-state index is 12.4. The third-order valence-electron chi connectivity index (χ3n) is 3.29. The Kier molecular flexibility index (Phi) is 7.16. The summed E-state index contributed by atoms with van der Waals surface area (Å²) in [5, 5.41) is 12.0. The molecule has 0 saturated heterocycles. The molecule has 0 aliphatic carbocycles. The summed E-state index contributed by atoms with van der Waals surface area (Å²) in [5.41, 5.74) is 1.03. The van der Waals surface area contributed by atoms with E-state index in [1.807, 2.05) is 6.07 Å². The summed E-state index contributed by atoms with van der Waals surface area (Å²) in [4.78, 5) is 23.5. The largest absolute Gasteiger partial charge is 0.497 e. The van der Waals surface area contributed by atoms with Crippen molar-refractivity contribution in [2.24, 2.45) is 0 Å². The average molecular weight is 494 g/mol. The number of ether oxygens (including phenoxy) is 2. The van der Waals surface area contributed by atoms with E-state index in [1.165, 1.54) is 13.0 Å². The molecule has 0 heterocycles. The fourth-order valence-electron chi connectivity index (χ4n) is 2.09. The summed E-state index contributed by atoms with van der Waals surface area (Å²) < 4.78 is 11.2. The zero-order valence-corrected chi connectivity index (χ0v) is 17.5. The zero-order valence-electron chi connectivity index (χ0n) is 14.4. The molecule has 0 fully saturated rings. The molecule has 2 aromatic carbocycles. The number of halogens is 2. The number of hydrogen-bond donors (Lipinski definition) is 1. The molecule has 1 amide bonds. The van der Waals surface area contributed by atoms with Gasteiger partial charge in [0.2, 0.25) is 0 Å². The molecular formula is C19H14Br2N2O4. The van der Waals surface area contributed by atoms with Gasteiger partial charge in [-0.05, 0) is 79.9 Å². The van der Waals surface area contributed by atoms with Crippen molar-refractivity contribution in [1.29, 1.82) is 5.26 Å². The van der Waals surface area contributed by atoms with Crippen LogP contribution in [-0.2, 0) is 9.59 Å². The minimum absolute atomic E-state index is 0.0788. The summed E-state index contributed by atoms with van der Waals surface area (Å²) >= 11 is 6.62. The third kappa shape index (κ3) is 5.67. The lowest BCUT2D eigenvalue weighted by Crippen LogP contribution is -2.13. The fourth-order valence-corrected chi connectivity index (χ4v) is 3.48. The molecule has 2 aromatic rings. The number of nitriles is 1. The van der Waals surface area contributed by atoms with Crippen molar-refractivity contribution in [1.82, 2.24) is 0 Å². The van der Waals surface area contributed by atoms with Crippen LogP contribution < -0.4 is 14.8 Å². The Morgan fingerprint density at radius 3 is 2.22 bits per heavy atom. The molecular weight excluding hydrogens is 480 g/mol. The molecule has 0 bridgehead atoms. The number of carbonyl (C=O) groups excluding carboxylic acids is 2. The van der Waals surface area contributed by atoms with E-state index in [9.17, 15) is 14.9 Å². The first kappa shape index (κ1) is 20.7. The van der Waals surface area contributed by atoms with E-state index in [0.29, 0.717) is 31.7 Å². The zero-order chi connectivity index (χ0) is 20.0. The van der Waals surface area contributed by atoms with E-state index in [-0.39, 0.29) is 5.57 Å². The Bertz CT molecular complexity index is 924. The molecule has 27 heavy (non-hydrogen) atoms. The van der Waals surface area contributed by atoms with Crippen molar-refractivity contribution < 1.29 is 19.1 Å². The number of anilines is 1. The monoisotopic (exact) mass is 492 g/mol. The van der Waals surface area contributed by atoms with Crippen molar-refractivity contribution in [3.8, 4) is 17.6 Å². The first-order valence-electron chi connectivity index (χ1n) is 7.58. The van der Waals surface area contributed by atoms with Gasteiger partial charge in [-0.25, -0.2) is 0 Å². The van der Waals surface area contributed by atoms with Crippen LogP contribution in [-0.4, -0.2) is 19.0 Å². The number of hydrogen-bond acceptors (Lipinski definition) is 5. The van der Waals surface area contributed by atoms with Crippen molar-refractivity contribution in [2.45, 2.75) is 6.92 Å². The van der Waals surface area contributed by atoms with Gasteiger partial charge in [0.1, 0.15) is 17.4 Å². The van der Waals surface area contributed by atoms with Gasteiger partial charge >= 0.3 is 5.97 Å². The van der Waals surface area contributed by atoms with Gasteiger partial charge in [-0.3, -0.25) is 9.59 Å². The van der Waals surface area contributed by atoms with Crippen LogP contribution in [0.3, 0.4) is 0 Å². The highest BCUT2D eigenvalue weighted by atomic mass is 79.9. The predicted molar refractivity (Wildman–Crippen MR) is 108 cm³/mol. The molecule has 0 saturated carbocycles. The molecule has 0 atom stereocenters. The highest BCUT2D eigenvalue weighted by Crippen LogP contribution is 2.35. The number of carbonyl (C=O) groups is 2. The fraction of sp³-hybridized carbons (Fsp3) is 0.105. The lowest BCUT2D eigenvalue weighted by Gasteiger charge is -2.09. The Morgan fingerprint density at radius 1 is 1.15 bits per heavy atom. The Morgan fingerprint density at radius 2 is 1.74 bits per heavy atom. The second-order valence-corrected chi connectivity index (χ2v) is 6.97. The minimum Gasteiger partial charge on any atom is -0.497 e. The number of esters is 1. The molecule has 0 aromatic heterocycles. The highest BCUT2D eigenvalue weighted by molar-refractivity contribution is 9.11. The Balaban J connectivity index is 2.25. The van der Waals surface area contributed by atoms with Crippen LogP contribution >= 0.6 is 31.9 Å². The quantitative estimate of drug-likeness (QED) is 0.282. The number of methoxy groups -OCH3 is 1. The van der Waals surface area contributed by atoms with Gasteiger partial charge in [-0.1, -0.05) is 0 Å². The highest BCUT2D eigenvalue weighted by Gasteiger charge is 2.13. The van der Waals surface area contributed by atoms with E-state index in [4.69, 9.17) is 9.47 Å². The van der Waals surface area contributed by atoms with Gasteiger partial charge in [0.25, 0.3) is 5.91 Å². The number of benzene rings is 2. The summed E-state index contributed by atoms with van der Waals surface area (Å²) in [6, 6.07) is 11.9. The molecule has 0 unspecified atom stereocenters. The van der Waals surface area contributed by atoms with Gasteiger partial charge in [-0.15, -0.1) is 0 Å². The van der Waals surface area contributed by atoms with Crippen molar-refractivity contribution in [2.75, 3.05) is 12.4 Å². The topological polar surface area (TPSA) is 88.4 Å². The number of amides is 1. The lowest BCUT2D eigenvalue weighted by atomic mass is 10.1. The molecule has 0 radical (unpaired) electrons. The van der Waals surface area contributed by atoms with Crippen molar-refractivity contribution >= 4 is 55.5 Å². The van der Waals surface area contributed by atoms with E-state index in [0.717, 1.165) is 0 Å². The molecule has 0 spiro atoms. The second kappa shape index (κ2) is 9.35. The van der Waals surface area contributed by atoms with Crippen LogP contribution in [0, 0.1) is 11.3 Å². The molecule has 138 valence electrons. The van der Waals surface area contributed by atoms with E-state index in [2.05, 4.69) is 37.2 Å². The first-order chi connectivity index (χ1) is 12.8. The van der Waals surface area contributed by atoms with Gasteiger partial charge < -0.3 is 14.8 Å². The molecule has 6 nitrogen and oxygen atoms in total. The van der Waals surface area contributed by atoms with E-state index >= 15 is 0 Å². The molecule has 8 heteroatoms. The first-order valence-corrected chi connectivity index (χ1v) is 9.17. The van der Waals surface area contributed by atoms with Crippen molar-refractivity contribution in [3.05, 3.63) is 56.5 Å². The number of nitrogens with one attached hydrogen (secondary N) is 1.